The van der Waals surface area contributed by atoms with Crippen molar-refractivity contribution in [1.29, 1.82) is 0 Å². The number of nitrogens with one attached hydrogen (secondary N) is 1. The monoisotopic (exact) mass is 166 g/mol. The second kappa shape index (κ2) is 2.71. The number of hydrogen-bond donors (Lipinski definition) is 1. The van der Waals surface area contributed by atoms with E-state index in [0.717, 1.165) is 18.0 Å². The Morgan fingerprint density at radius 1 is 1.17 bits per heavy atom. The zero-order valence-corrected chi connectivity index (χ0v) is 7.63. The molecule has 3 fully saturated rings. The van der Waals surface area contributed by atoms with E-state index in [1.165, 1.54) is 45.3 Å². The van der Waals surface area contributed by atoms with Crippen LogP contribution in [-0.2, 0) is 0 Å². The third-order valence-corrected chi connectivity index (χ3v) is 3.98. The molecular formula is C10H18N2. The average Bonchev–Trinajstić information content (AvgIpc) is 2.62. The van der Waals surface area contributed by atoms with E-state index in [1.807, 2.05) is 0 Å². The van der Waals surface area contributed by atoms with Gasteiger partial charge in [-0.3, -0.25) is 4.90 Å². The fourth-order valence-corrected chi connectivity index (χ4v) is 3.41. The van der Waals surface area contributed by atoms with Crippen LogP contribution in [0.15, 0.2) is 0 Å². The molecule has 12 heavy (non-hydrogen) atoms. The van der Waals surface area contributed by atoms with Gasteiger partial charge in [0.1, 0.15) is 0 Å². The normalized spacial score (nSPS) is 47.5. The minimum Gasteiger partial charge on any atom is -0.315 e. The molecule has 0 aromatic rings. The lowest BCUT2D eigenvalue weighted by Gasteiger charge is -2.33. The third-order valence-electron chi connectivity index (χ3n) is 3.98. The third kappa shape index (κ3) is 0.944. The van der Waals surface area contributed by atoms with Gasteiger partial charge >= 0.3 is 0 Å². The summed E-state index contributed by atoms with van der Waals surface area (Å²) in [5.74, 6) is 0.994. The second-order valence-electron chi connectivity index (χ2n) is 4.61. The van der Waals surface area contributed by atoms with E-state index in [-0.39, 0.29) is 0 Å². The Balaban J connectivity index is 1.79. The molecule has 3 rings (SSSR count). The van der Waals surface area contributed by atoms with Crippen molar-refractivity contribution in [2.45, 2.75) is 37.8 Å². The lowest BCUT2D eigenvalue weighted by Crippen LogP contribution is -2.42. The quantitative estimate of drug-likeness (QED) is 0.573. The van der Waals surface area contributed by atoms with Crippen LogP contribution in [0.3, 0.4) is 0 Å². The van der Waals surface area contributed by atoms with Gasteiger partial charge in [0.2, 0.25) is 0 Å². The van der Waals surface area contributed by atoms with E-state index in [2.05, 4.69) is 10.2 Å². The number of nitrogens with zero attached hydrogens (tertiary/aromatic N) is 1. The Hall–Kier alpha value is -0.0800. The molecule has 0 aliphatic carbocycles. The topological polar surface area (TPSA) is 15.3 Å². The minimum atomic E-state index is 0.912. The zero-order valence-electron chi connectivity index (χ0n) is 7.63. The molecule has 0 saturated carbocycles. The molecule has 3 aliphatic heterocycles. The van der Waals surface area contributed by atoms with Gasteiger partial charge in [-0.05, 0) is 38.3 Å². The molecule has 2 heteroatoms. The van der Waals surface area contributed by atoms with E-state index in [0.29, 0.717) is 0 Å². The molecule has 2 nitrogen and oxygen atoms in total. The molecule has 0 bridgehead atoms. The Labute approximate surface area is 74.3 Å². The van der Waals surface area contributed by atoms with Crippen LogP contribution in [0.4, 0.5) is 0 Å². The number of piperidine rings is 1. The van der Waals surface area contributed by atoms with E-state index >= 15 is 0 Å². The molecule has 0 amide bonds. The standard InChI is InChI=1S/C10H18N2/c1-2-4-12-9(3-1)5-8-6-11-7-10(8)12/h8-11H,1-7H2. The van der Waals surface area contributed by atoms with Gasteiger partial charge in [0.15, 0.2) is 0 Å². The molecule has 68 valence electrons. The van der Waals surface area contributed by atoms with Gasteiger partial charge in [-0.25, -0.2) is 0 Å². The number of hydrogen-bond acceptors (Lipinski definition) is 2. The van der Waals surface area contributed by atoms with E-state index in [4.69, 9.17) is 0 Å². The molecule has 0 aromatic heterocycles. The maximum Gasteiger partial charge on any atom is 0.0264 e. The second-order valence-corrected chi connectivity index (χ2v) is 4.61. The highest BCUT2D eigenvalue weighted by molar-refractivity contribution is 5.00. The summed E-state index contributed by atoms with van der Waals surface area (Å²) in [6, 6.07) is 1.88. The fourth-order valence-electron chi connectivity index (χ4n) is 3.41. The maximum atomic E-state index is 3.52. The van der Waals surface area contributed by atoms with Crippen molar-refractivity contribution in [2.75, 3.05) is 19.6 Å². The summed E-state index contributed by atoms with van der Waals surface area (Å²) in [7, 11) is 0. The maximum absolute atomic E-state index is 3.52. The van der Waals surface area contributed by atoms with E-state index in [9.17, 15) is 0 Å². The van der Waals surface area contributed by atoms with Gasteiger partial charge in [0.05, 0.1) is 0 Å². The van der Waals surface area contributed by atoms with Gasteiger partial charge in [-0.15, -0.1) is 0 Å². The molecule has 3 saturated heterocycles. The van der Waals surface area contributed by atoms with Crippen LogP contribution in [0.1, 0.15) is 25.7 Å². The molecule has 3 heterocycles. The smallest absolute Gasteiger partial charge is 0.0264 e. The van der Waals surface area contributed by atoms with Crippen LogP contribution in [0.2, 0.25) is 0 Å². The van der Waals surface area contributed by atoms with Crippen LogP contribution in [0, 0.1) is 5.92 Å². The summed E-state index contributed by atoms with van der Waals surface area (Å²) >= 11 is 0. The Kier molecular flexibility index (Phi) is 1.66. The summed E-state index contributed by atoms with van der Waals surface area (Å²) in [6.45, 7) is 3.94. The first-order valence-corrected chi connectivity index (χ1v) is 5.41. The average molecular weight is 166 g/mol. The molecule has 0 aromatic carbocycles. The summed E-state index contributed by atoms with van der Waals surface area (Å²) in [5, 5.41) is 3.52. The van der Waals surface area contributed by atoms with Crippen molar-refractivity contribution in [1.82, 2.24) is 10.2 Å². The van der Waals surface area contributed by atoms with Crippen LogP contribution < -0.4 is 5.32 Å². The van der Waals surface area contributed by atoms with Crippen molar-refractivity contribution in [3.05, 3.63) is 0 Å². The molecule has 3 atom stereocenters. The number of rotatable bonds is 0. The Bertz CT molecular complexity index is 181. The van der Waals surface area contributed by atoms with Crippen LogP contribution in [-0.4, -0.2) is 36.6 Å². The van der Waals surface area contributed by atoms with E-state index < -0.39 is 0 Å². The Morgan fingerprint density at radius 2 is 2.17 bits per heavy atom. The summed E-state index contributed by atoms with van der Waals surface area (Å²) < 4.78 is 0. The summed E-state index contributed by atoms with van der Waals surface area (Å²) in [5.41, 5.74) is 0. The molecule has 0 spiro atoms. The fraction of sp³-hybridized carbons (Fsp3) is 1.00. The van der Waals surface area contributed by atoms with Gasteiger partial charge in [0.25, 0.3) is 0 Å². The van der Waals surface area contributed by atoms with Crippen LogP contribution in [0.25, 0.3) is 0 Å². The van der Waals surface area contributed by atoms with Gasteiger partial charge in [-0.2, -0.15) is 0 Å². The highest BCUT2D eigenvalue weighted by Gasteiger charge is 2.43. The molecule has 0 radical (unpaired) electrons. The highest BCUT2D eigenvalue weighted by Crippen LogP contribution is 2.36. The number of fused-ring (bicyclic) bond motifs is 3. The highest BCUT2D eigenvalue weighted by atomic mass is 15.3. The first-order valence-electron chi connectivity index (χ1n) is 5.41. The SMILES string of the molecule is C1CCN2C(C1)CC1CNCC12. The Morgan fingerprint density at radius 3 is 3.17 bits per heavy atom. The molecule has 3 aliphatic rings. The van der Waals surface area contributed by atoms with Gasteiger partial charge in [0, 0.05) is 18.6 Å². The van der Waals surface area contributed by atoms with Crippen molar-refractivity contribution in [2.24, 2.45) is 5.92 Å². The lowest BCUT2D eigenvalue weighted by atomic mass is 9.99. The van der Waals surface area contributed by atoms with Crippen molar-refractivity contribution >= 4 is 0 Å². The van der Waals surface area contributed by atoms with Crippen LogP contribution in [0.5, 0.6) is 0 Å². The lowest BCUT2D eigenvalue weighted by molar-refractivity contribution is 0.151. The summed E-state index contributed by atoms with van der Waals surface area (Å²) in [4.78, 5) is 2.79. The van der Waals surface area contributed by atoms with Crippen LogP contribution >= 0.6 is 0 Å². The minimum absolute atomic E-state index is 0.912. The van der Waals surface area contributed by atoms with Crippen molar-refractivity contribution in [3.63, 3.8) is 0 Å². The zero-order chi connectivity index (χ0) is 7.97. The van der Waals surface area contributed by atoms with E-state index in [1.54, 1.807) is 0 Å². The van der Waals surface area contributed by atoms with Crippen molar-refractivity contribution in [3.8, 4) is 0 Å². The predicted octanol–water partition coefficient (Wildman–Crippen LogP) is 0.833. The summed E-state index contributed by atoms with van der Waals surface area (Å²) in [6.07, 6.45) is 5.89. The predicted molar refractivity (Wildman–Crippen MR) is 49.1 cm³/mol. The van der Waals surface area contributed by atoms with Crippen molar-refractivity contribution < 1.29 is 0 Å². The first kappa shape index (κ1) is 7.34. The molecule has 3 unspecified atom stereocenters. The molecule has 1 N–H and O–H groups in total. The molecular weight excluding hydrogens is 148 g/mol. The largest absolute Gasteiger partial charge is 0.315 e. The first-order chi connectivity index (χ1) is 5.95. The van der Waals surface area contributed by atoms with Gasteiger partial charge < -0.3 is 5.32 Å². The van der Waals surface area contributed by atoms with Gasteiger partial charge in [-0.1, -0.05) is 6.42 Å².